The van der Waals surface area contributed by atoms with Crippen molar-refractivity contribution in [1.82, 2.24) is 9.21 Å². The van der Waals surface area contributed by atoms with Gasteiger partial charge in [0, 0.05) is 31.7 Å². The molecule has 0 N–H and O–H groups in total. The molecule has 1 aliphatic rings. The van der Waals surface area contributed by atoms with Gasteiger partial charge in [0.2, 0.25) is 10.0 Å². The van der Waals surface area contributed by atoms with Crippen LogP contribution in [0.4, 0.5) is 0 Å². The molecule has 1 saturated heterocycles. The number of carbonyl (C=O) groups excluding carboxylic acids is 1. The van der Waals surface area contributed by atoms with E-state index in [2.05, 4.69) is 6.92 Å². The largest absolute Gasteiger partial charge is 0.489 e. The van der Waals surface area contributed by atoms with Gasteiger partial charge in [-0.1, -0.05) is 24.3 Å². The lowest BCUT2D eigenvalue weighted by Gasteiger charge is -2.33. The van der Waals surface area contributed by atoms with Crippen molar-refractivity contribution in [2.75, 3.05) is 26.2 Å². The molecule has 1 amide bonds. The Morgan fingerprint density at radius 1 is 0.969 bits per heavy atom. The molecule has 8 heteroatoms. The molecule has 0 radical (unpaired) electrons. The van der Waals surface area contributed by atoms with E-state index < -0.39 is 10.0 Å². The summed E-state index contributed by atoms with van der Waals surface area (Å²) in [5, 5.41) is 1.93. The zero-order valence-corrected chi connectivity index (χ0v) is 19.8. The first-order valence-corrected chi connectivity index (χ1v) is 12.8. The first-order valence-electron chi connectivity index (χ1n) is 10.5. The Balaban J connectivity index is 1.34. The molecule has 0 saturated carbocycles. The number of nitrogens with zero attached hydrogens (tertiary/aromatic N) is 2. The number of carbonyl (C=O) groups is 1. The van der Waals surface area contributed by atoms with Crippen LogP contribution >= 0.6 is 11.3 Å². The molecule has 6 nitrogen and oxygen atoms in total. The minimum absolute atomic E-state index is 0.0656. The predicted octanol–water partition coefficient (Wildman–Crippen LogP) is 4.09. The van der Waals surface area contributed by atoms with Crippen LogP contribution in [0.3, 0.4) is 0 Å². The quantitative estimate of drug-likeness (QED) is 0.544. The molecule has 0 bridgehead atoms. The normalized spacial score (nSPS) is 15.0. The highest BCUT2D eigenvalue weighted by atomic mass is 32.2. The smallest absolute Gasteiger partial charge is 0.264 e. The van der Waals surface area contributed by atoms with Crippen molar-refractivity contribution >= 4 is 27.3 Å². The maximum absolute atomic E-state index is 12.9. The van der Waals surface area contributed by atoms with Crippen molar-refractivity contribution in [2.24, 2.45) is 0 Å². The third kappa shape index (κ3) is 4.87. The monoisotopic (exact) mass is 470 g/mol. The second kappa shape index (κ2) is 9.44. The van der Waals surface area contributed by atoms with Crippen molar-refractivity contribution in [2.45, 2.75) is 25.3 Å². The highest BCUT2D eigenvalue weighted by Gasteiger charge is 2.30. The summed E-state index contributed by atoms with van der Waals surface area (Å²) in [6.45, 7) is 5.83. The van der Waals surface area contributed by atoms with Crippen molar-refractivity contribution in [3.05, 3.63) is 81.5 Å². The average molecular weight is 471 g/mol. The molecule has 2 aromatic carbocycles. The topological polar surface area (TPSA) is 66.9 Å². The van der Waals surface area contributed by atoms with Crippen molar-refractivity contribution in [1.29, 1.82) is 0 Å². The maximum Gasteiger partial charge on any atom is 0.264 e. The molecule has 168 valence electrons. The highest BCUT2D eigenvalue weighted by Crippen LogP contribution is 2.23. The molecule has 0 aliphatic carbocycles. The number of amides is 1. The van der Waals surface area contributed by atoms with Crippen molar-refractivity contribution in [3.63, 3.8) is 0 Å². The van der Waals surface area contributed by atoms with Gasteiger partial charge in [0.05, 0.1) is 9.77 Å². The maximum atomic E-state index is 12.9. The number of sulfonamides is 1. The Labute approximate surface area is 193 Å². The molecule has 1 aromatic heterocycles. The van der Waals surface area contributed by atoms with E-state index in [1.807, 2.05) is 36.6 Å². The molecular formula is C24H26N2O4S2. The van der Waals surface area contributed by atoms with Gasteiger partial charge >= 0.3 is 0 Å². The van der Waals surface area contributed by atoms with E-state index in [0.717, 1.165) is 11.3 Å². The lowest BCUT2D eigenvalue weighted by atomic mass is 10.1. The van der Waals surface area contributed by atoms with Gasteiger partial charge in [0.1, 0.15) is 12.4 Å². The van der Waals surface area contributed by atoms with Crippen LogP contribution in [0.2, 0.25) is 0 Å². The SMILES string of the molecule is Cc1ccc(OCc2csc(C(=O)N3CCN(S(=O)(=O)c4ccccc4)CC3)c2)cc1C. The molecule has 32 heavy (non-hydrogen) atoms. The molecule has 4 rings (SSSR count). The second-order valence-corrected chi connectivity index (χ2v) is 10.7. The fourth-order valence-corrected chi connectivity index (χ4v) is 5.87. The summed E-state index contributed by atoms with van der Waals surface area (Å²) >= 11 is 1.39. The van der Waals surface area contributed by atoms with Crippen LogP contribution in [0.25, 0.3) is 0 Å². The van der Waals surface area contributed by atoms with Gasteiger partial charge in [-0.3, -0.25) is 4.79 Å². The lowest BCUT2D eigenvalue weighted by Crippen LogP contribution is -2.50. The molecule has 2 heterocycles. The van der Waals surface area contributed by atoms with Gasteiger partial charge in [0.15, 0.2) is 0 Å². The Morgan fingerprint density at radius 3 is 2.38 bits per heavy atom. The van der Waals surface area contributed by atoms with E-state index in [4.69, 9.17) is 4.74 Å². The van der Waals surface area contributed by atoms with Crippen LogP contribution in [0.1, 0.15) is 26.4 Å². The van der Waals surface area contributed by atoms with E-state index in [1.54, 1.807) is 35.2 Å². The minimum Gasteiger partial charge on any atom is -0.489 e. The molecule has 0 atom stereocenters. The number of hydrogen-bond donors (Lipinski definition) is 0. The standard InChI is InChI=1S/C24H26N2O4S2/c1-18-8-9-21(14-19(18)2)30-16-20-15-23(31-17-20)24(27)25-10-12-26(13-11-25)32(28,29)22-6-4-3-5-7-22/h3-9,14-15,17H,10-13,16H2,1-2H3. The second-order valence-electron chi connectivity index (χ2n) is 7.86. The van der Waals surface area contributed by atoms with E-state index in [9.17, 15) is 13.2 Å². The summed E-state index contributed by atoms with van der Waals surface area (Å²) in [5.74, 6) is 0.743. The van der Waals surface area contributed by atoms with Crippen LogP contribution in [0, 0.1) is 13.8 Å². The number of hydrogen-bond acceptors (Lipinski definition) is 5. The summed E-state index contributed by atoms with van der Waals surface area (Å²) in [5.41, 5.74) is 3.34. The van der Waals surface area contributed by atoms with Crippen LogP contribution in [-0.4, -0.2) is 49.7 Å². The molecule has 3 aromatic rings. The van der Waals surface area contributed by atoms with E-state index in [0.29, 0.717) is 24.6 Å². The zero-order chi connectivity index (χ0) is 22.7. The predicted molar refractivity (Wildman–Crippen MR) is 126 cm³/mol. The fraction of sp³-hybridized carbons (Fsp3) is 0.292. The third-order valence-corrected chi connectivity index (χ3v) is 8.54. The van der Waals surface area contributed by atoms with Crippen LogP contribution in [0.5, 0.6) is 5.75 Å². The third-order valence-electron chi connectivity index (χ3n) is 5.66. The highest BCUT2D eigenvalue weighted by molar-refractivity contribution is 7.89. The van der Waals surface area contributed by atoms with Crippen molar-refractivity contribution < 1.29 is 17.9 Å². The van der Waals surface area contributed by atoms with Gasteiger partial charge in [-0.15, -0.1) is 11.3 Å². The molecule has 1 aliphatic heterocycles. The average Bonchev–Trinajstić information content (AvgIpc) is 3.29. The molecule has 1 fully saturated rings. The van der Waals surface area contributed by atoms with Crippen LogP contribution in [0.15, 0.2) is 64.9 Å². The van der Waals surface area contributed by atoms with Gasteiger partial charge < -0.3 is 9.64 Å². The first-order chi connectivity index (χ1) is 15.3. The van der Waals surface area contributed by atoms with E-state index in [1.165, 1.54) is 26.8 Å². The van der Waals surface area contributed by atoms with Gasteiger partial charge in [-0.05, 0) is 60.7 Å². The summed E-state index contributed by atoms with van der Waals surface area (Å²) < 4.78 is 32.9. The number of benzene rings is 2. The molecule has 0 unspecified atom stereocenters. The van der Waals surface area contributed by atoms with Gasteiger partial charge in [0.25, 0.3) is 5.91 Å². The lowest BCUT2D eigenvalue weighted by molar-refractivity contribution is 0.0702. The number of ether oxygens (including phenoxy) is 1. The first kappa shape index (κ1) is 22.5. The Kier molecular flexibility index (Phi) is 6.64. The summed E-state index contributed by atoms with van der Waals surface area (Å²) in [6.07, 6.45) is 0. The Hall–Kier alpha value is -2.68. The fourth-order valence-electron chi connectivity index (χ4n) is 3.56. The van der Waals surface area contributed by atoms with E-state index in [-0.39, 0.29) is 23.9 Å². The van der Waals surface area contributed by atoms with Gasteiger partial charge in [-0.25, -0.2) is 8.42 Å². The summed E-state index contributed by atoms with van der Waals surface area (Å²) in [4.78, 5) is 15.6. The number of aryl methyl sites for hydroxylation is 2. The van der Waals surface area contributed by atoms with Crippen molar-refractivity contribution in [3.8, 4) is 5.75 Å². The van der Waals surface area contributed by atoms with Crippen LogP contribution < -0.4 is 4.74 Å². The van der Waals surface area contributed by atoms with Crippen LogP contribution in [-0.2, 0) is 16.6 Å². The summed E-state index contributed by atoms with van der Waals surface area (Å²) in [7, 11) is -3.53. The minimum atomic E-state index is -3.53. The summed E-state index contributed by atoms with van der Waals surface area (Å²) in [6, 6.07) is 16.3. The number of piperazine rings is 1. The Morgan fingerprint density at radius 2 is 1.69 bits per heavy atom. The molecular weight excluding hydrogens is 444 g/mol. The zero-order valence-electron chi connectivity index (χ0n) is 18.2. The van der Waals surface area contributed by atoms with E-state index >= 15 is 0 Å². The number of thiophene rings is 1. The Bertz CT molecular complexity index is 1200. The van der Waals surface area contributed by atoms with Gasteiger partial charge in [-0.2, -0.15) is 4.31 Å². The molecule has 0 spiro atoms. The number of rotatable bonds is 6.